The van der Waals surface area contributed by atoms with Crippen LogP contribution in [0, 0.1) is 11.8 Å². The molecular weight excluding hydrogens is 485 g/mol. The van der Waals surface area contributed by atoms with Crippen LogP contribution in [-0.4, -0.2) is 25.6 Å². The second-order valence-corrected chi connectivity index (χ2v) is 7.05. The third kappa shape index (κ3) is 8.04. The number of hydrogen-bond donors (Lipinski definition) is 1. The van der Waals surface area contributed by atoms with Gasteiger partial charge in [0.05, 0.1) is 0 Å². The van der Waals surface area contributed by atoms with Gasteiger partial charge >= 0.3 is 31.2 Å². The van der Waals surface area contributed by atoms with Crippen LogP contribution in [0.3, 0.4) is 0 Å². The fraction of sp³-hybridized carbons (Fsp3) is 0.250. The van der Waals surface area contributed by atoms with E-state index in [2.05, 4.69) is 52.4 Å². The number of benzene rings is 2. The summed E-state index contributed by atoms with van der Waals surface area (Å²) in [5, 5.41) is 6.77. The zero-order valence-corrected chi connectivity index (χ0v) is 17.7. The van der Waals surface area contributed by atoms with E-state index in [0.717, 1.165) is 10.9 Å². The molecule has 11 heteroatoms. The van der Waals surface area contributed by atoms with Gasteiger partial charge in [0.15, 0.2) is 0 Å². The predicted octanol–water partition coefficient (Wildman–Crippen LogP) is 3.41. The van der Waals surface area contributed by atoms with Gasteiger partial charge in [-0.3, -0.25) is 0 Å². The van der Waals surface area contributed by atoms with Crippen molar-refractivity contribution in [2.24, 2.45) is 4.99 Å². The predicted molar refractivity (Wildman–Crippen MR) is 103 cm³/mol. The smallest absolute Gasteiger partial charge is 0.517 e. The summed E-state index contributed by atoms with van der Waals surface area (Å²) in [5.41, 5.74) is -0.919. The third-order valence-corrected chi connectivity index (χ3v) is 4.48. The first-order valence-electron chi connectivity index (χ1n) is 8.29. The van der Waals surface area contributed by atoms with E-state index < -0.39 is 29.2 Å². The van der Waals surface area contributed by atoms with Crippen molar-refractivity contribution in [3.8, 4) is 0 Å². The number of nitrogens with zero attached hydrogens (tertiary/aromatic N) is 1. The molecule has 0 amide bonds. The number of nitrogens with one attached hydrogen (secondary N) is 1. The summed E-state index contributed by atoms with van der Waals surface area (Å²) in [6.45, 7) is 4.94. The largest absolute Gasteiger partial charge is 1.00 e. The monoisotopic (exact) mass is 498 g/mol. The van der Waals surface area contributed by atoms with Gasteiger partial charge in [-0.2, -0.15) is 45.0 Å². The van der Waals surface area contributed by atoms with E-state index in [1.54, 1.807) is 0 Å². The van der Waals surface area contributed by atoms with Crippen molar-refractivity contribution in [2.45, 2.75) is 24.9 Å². The standard InChI is InChI=1S/C11H10BrNO.C9H4F6N.Li/c12-10-2-1-8-6-11(14-4-3-13)7-9(8)5-10;1-16-7-3-5(8(10,11)12)2-6(4-7)9(13,14)15;/h1-2,5,7,11,13H,4,6H2;1-4H;/q-2;-1;+1. The van der Waals surface area contributed by atoms with Crippen LogP contribution in [0.1, 0.15) is 22.3 Å². The first-order chi connectivity index (χ1) is 13.9. The number of rotatable bonds is 4. The number of alkyl halides is 6. The molecule has 3 rings (SSSR count). The maximum absolute atomic E-state index is 12.2. The van der Waals surface area contributed by atoms with Gasteiger partial charge in [-0.25, -0.2) is 0 Å². The second-order valence-electron chi connectivity index (χ2n) is 6.13. The Balaban J connectivity index is 0.000000302. The van der Waals surface area contributed by atoms with Crippen molar-refractivity contribution >= 4 is 34.5 Å². The van der Waals surface area contributed by atoms with Gasteiger partial charge in [0.1, 0.15) is 0 Å². The van der Waals surface area contributed by atoms with Crippen LogP contribution in [0.2, 0.25) is 0 Å². The molecule has 0 radical (unpaired) electrons. The molecule has 1 aliphatic rings. The van der Waals surface area contributed by atoms with Crippen LogP contribution < -0.4 is 18.9 Å². The summed E-state index contributed by atoms with van der Waals surface area (Å²) in [4.78, 5) is 2.82. The van der Waals surface area contributed by atoms with Crippen molar-refractivity contribution in [3.05, 3.63) is 69.5 Å². The number of fused-ring (bicyclic) bond motifs is 1. The van der Waals surface area contributed by atoms with E-state index in [1.165, 1.54) is 11.1 Å². The topological polar surface area (TPSA) is 45.4 Å². The molecule has 0 bridgehead atoms. The summed E-state index contributed by atoms with van der Waals surface area (Å²) in [7, 11) is 0. The molecule has 162 valence electrons. The second kappa shape index (κ2) is 11.2. The molecule has 3 nitrogen and oxygen atoms in total. The molecule has 0 aliphatic heterocycles. The van der Waals surface area contributed by atoms with E-state index in [9.17, 15) is 26.3 Å². The summed E-state index contributed by atoms with van der Waals surface area (Å²) in [6.07, 6.45) is -4.41. The van der Waals surface area contributed by atoms with Crippen molar-refractivity contribution in [1.29, 1.82) is 5.41 Å². The van der Waals surface area contributed by atoms with Crippen LogP contribution in [0.15, 0.2) is 45.9 Å². The van der Waals surface area contributed by atoms with Gasteiger partial charge in [-0.05, 0) is 10.5 Å². The molecule has 1 unspecified atom stereocenters. The summed E-state index contributed by atoms with van der Waals surface area (Å²) >= 11 is 3.43. The minimum absolute atomic E-state index is 0. The van der Waals surface area contributed by atoms with Gasteiger partial charge in [-0.1, -0.05) is 40.7 Å². The average molecular weight is 499 g/mol. The molecule has 2 aromatic rings. The van der Waals surface area contributed by atoms with Crippen LogP contribution in [0.25, 0.3) is 0 Å². The average Bonchev–Trinajstić information content (AvgIpc) is 3.07. The van der Waals surface area contributed by atoms with Crippen molar-refractivity contribution in [3.63, 3.8) is 0 Å². The number of halogens is 7. The summed E-state index contributed by atoms with van der Waals surface area (Å²) in [5.74, 6) is 0. The van der Waals surface area contributed by atoms with Gasteiger partial charge in [0, 0.05) is 17.2 Å². The first kappa shape index (κ1) is 27.3. The number of aliphatic imine (C=N–C) groups is 1. The Morgan fingerprint density at radius 2 is 1.68 bits per heavy atom. The molecule has 1 aliphatic carbocycles. The normalized spacial score (nSPS) is 15.0. The molecule has 0 fully saturated rings. The molecular formula is C20H14BrF6LiN2O-2. The first-order valence-corrected chi connectivity index (χ1v) is 9.08. The van der Waals surface area contributed by atoms with Crippen molar-refractivity contribution in [1.82, 2.24) is 0 Å². The molecule has 0 saturated heterocycles. The molecule has 0 heterocycles. The van der Waals surface area contributed by atoms with Crippen molar-refractivity contribution < 1.29 is 49.9 Å². The fourth-order valence-electron chi connectivity index (χ4n) is 2.65. The van der Waals surface area contributed by atoms with E-state index in [-0.39, 0.29) is 37.6 Å². The Labute approximate surface area is 195 Å². The summed E-state index contributed by atoms with van der Waals surface area (Å²) in [6, 6.07) is 7.12. The molecule has 0 saturated carbocycles. The molecule has 31 heavy (non-hydrogen) atoms. The van der Waals surface area contributed by atoms with Crippen LogP contribution >= 0.6 is 15.9 Å². The Kier molecular flexibility index (Phi) is 9.89. The Bertz CT molecular complexity index is 885. The Morgan fingerprint density at radius 1 is 1.10 bits per heavy atom. The number of hydrogen-bond acceptors (Lipinski definition) is 3. The molecule has 0 aromatic heterocycles. The van der Waals surface area contributed by atoms with Crippen LogP contribution in [0.5, 0.6) is 0 Å². The molecule has 2 aromatic carbocycles. The quantitative estimate of drug-likeness (QED) is 0.298. The number of ether oxygens (including phenoxy) is 1. The summed E-state index contributed by atoms with van der Waals surface area (Å²) < 4.78 is 79.8. The maximum Gasteiger partial charge on any atom is 1.00 e. The van der Waals surface area contributed by atoms with Crippen molar-refractivity contribution in [2.75, 3.05) is 6.61 Å². The van der Waals surface area contributed by atoms with E-state index in [4.69, 9.17) is 10.1 Å². The maximum atomic E-state index is 12.2. The van der Waals surface area contributed by atoms with Gasteiger partial charge in [0.25, 0.3) is 0 Å². The zero-order chi connectivity index (χ0) is 22.5. The molecule has 0 spiro atoms. The Morgan fingerprint density at radius 3 is 2.16 bits per heavy atom. The molecule has 1 N–H and O–H groups in total. The van der Waals surface area contributed by atoms with E-state index in [1.807, 2.05) is 6.07 Å². The van der Waals surface area contributed by atoms with Crippen LogP contribution in [-0.2, 0) is 23.5 Å². The third-order valence-electron chi connectivity index (χ3n) is 3.99. The van der Waals surface area contributed by atoms with Gasteiger partial charge < -0.3 is 21.4 Å². The fourth-order valence-corrected chi connectivity index (χ4v) is 3.03. The molecule has 1 atom stereocenters. The SMILES string of the molecule is N=[C-]COC1[CH-]c2cc(Br)ccc2C1.[CH-]=Nc1cc(C(F)(F)F)cc(C(F)(F)F)c1.[Li+]. The van der Waals surface area contributed by atoms with Gasteiger partial charge in [-0.15, -0.1) is 29.8 Å². The van der Waals surface area contributed by atoms with E-state index in [0.29, 0.717) is 12.1 Å². The minimum Gasteiger partial charge on any atom is -0.517 e. The van der Waals surface area contributed by atoms with Crippen LogP contribution in [0.4, 0.5) is 32.0 Å². The zero-order valence-electron chi connectivity index (χ0n) is 16.1. The minimum atomic E-state index is -4.87. The Hall–Kier alpha value is -1.73. The van der Waals surface area contributed by atoms with E-state index >= 15 is 0 Å². The van der Waals surface area contributed by atoms with Gasteiger partial charge in [0.2, 0.25) is 0 Å².